The lowest BCUT2D eigenvalue weighted by atomic mass is 9.98. The summed E-state index contributed by atoms with van der Waals surface area (Å²) in [5.41, 5.74) is 7.53. The average molecular weight is 247 g/mol. The molecule has 2 rings (SSSR count). The van der Waals surface area contributed by atoms with Gasteiger partial charge in [0.2, 0.25) is 0 Å². The molecule has 1 unspecified atom stereocenters. The predicted molar refractivity (Wildman–Crippen MR) is 68.2 cm³/mol. The van der Waals surface area contributed by atoms with E-state index in [2.05, 4.69) is 0 Å². The second-order valence-corrected chi connectivity index (χ2v) is 4.39. The maximum absolute atomic E-state index is 13.7. The molecule has 0 spiro atoms. The summed E-state index contributed by atoms with van der Waals surface area (Å²) in [7, 11) is 0. The number of rotatable bonds is 3. The van der Waals surface area contributed by atoms with Crippen LogP contribution < -0.4 is 5.73 Å². The van der Waals surface area contributed by atoms with Crippen LogP contribution in [0.5, 0.6) is 0 Å². The molecule has 3 heteroatoms. The SMILES string of the molecule is Cc1ccc(CC(N)c2ccccc2)c(F)c1F. The van der Waals surface area contributed by atoms with Crippen LogP contribution in [0.4, 0.5) is 8.78 Å². The highest BCUT2D eigenvalue weighted by molar-refractivity contribution is 5.28. The number of halogens is 2. The first kappa shape index (κ1) is 12.7. The van der Waals surface area contributed by atoms with Gasteiger partial charge in [0.1, 0.15) is 0 Å². The molecule has 1 atom stereocenters. The fourth-order valence-electron chi connectivity index (χ4n) is 1.90. The monoisotopic (exact) mass is 247 g/mol. The Balaban J connectivity index is 2.22. The molecule has 2 N–H and O–H groups in total. The Hall–Kier alpha value is -1.74. The van der Waals surface area contributed by atoms with Crippen LogP contribution in [0.1, 0.15) is 22.7 Å². The van der Waals surface area contributed by atoms with Crippen LogP contribution in [0.25, 0.3) is 0 Å². The Labute approximate surface area is 105 Å². The molecule has 0 heterocycles. The van der Waals surface area contributed by atoms with Crippen molar-refractivity contribution in [1.82, 2.24) is 0 Å². The molecular weight excluding hydrogens is 232 g/mol. The predicted octanol–water partition coefficient (Wildman–Crippen LogP) is 3.52. The van der Waals surface area contributed by atoms with Gasteiger partial charge in [-0.25, -0.2) is 8.78 Å². The van der Waals surface area contributed by atoms with E-state index >= 15 is 0 Å². The number of aryl methyl sites for hydroxylation is 1. The number of hydrogen-bond acceptors (Lipinski definition) is 1. The highest BCUT2D eigenvalue weighted by atomic mass is 19.2. The van der Waals surface area contributed by atoms with Gasteiger partial charge in [0, 0.05) is 6.04 Å². The van der Waals surface area contributed by atoms with E-state index in [0.717, 1.165) is 5.56 Å². The van der Waals surface area contributed by atoms with Crippen LogP contribution in [0.3, 0.4) is 0 Å². The molecule has 18 heavy (non-hydrogen) atoms. The van der Waals surface area contributed by atoms with E-state index in [-0.39, 0.29) is 12.5 Å². The zero-order valence-electron chi connectivity index (χ0n) is 10.2. The first-order valence-corrected chi connectivity index (χ1v) is 5.83. The van der Waals surface area contributed by atoms with Gasteiger partial charge in [0.25, 0.3) is 0 Å². The van der Waals surface area contributed by atoms with Crippen molar-refractivity contribution in [3.05, 3.63) is 70.8 Å². The minimum absolute atomic E-state index is 0.285. The van der Waals surface area contributed by atoms with Crippen molar-refractivity contribution in [2.24, 2.45) is 5.73 Å². The highest BCUT2D eigenvalue weighted by Gasteiger charge is 2.14. The summed E-state index contributed by atoms with van der Waals surface area (Å²) < 4.78 is 27.1. The molecule has 0 bridgehead atoms. The normalized spacial score (nSPS) is 12.4. The van der Waals surface area contributed by atoms with Crippen molar-refractivity contribution in [3.63, 3.8) is 0 Å². The molecule has 2 aromatic carbocycles. The van der Waals surface area contributed by atoms with E-state index in [9.17, 15) is 8.78 Å². The van der Waals surface area contributed by atoms with Crippen molar-refractivity contribution < 1.29 is 8.78 Å². The number of nitrogens with two attached hydrogens (primary N) is 1. The third-order valence-corrected chi connectivity index (χ3v) is 3.02. The summed E-state index contributed by atoms with van der Waals surface area (Å²) in [5.74, 6) is -1.57. The van der Waals surface area contributed by atoms with Crippen LogP contribution in [0.15, 0.2) is 42.5 Å². The van der Waals surface area contributed by atoms with E-state index in [4.69, 9.17) is 5.73 Å². The standard InChI is InChI=1S/C15H15F2N/c1-10-7-8-12(15(17)14(10)16)9-13(18)11-5-3-2-4-6-11/h2-8,13H,9,18H2,1H3. The van der Waals surface area contributed by atoms with Crippen LogP contribution >= 0.6 is 0 Å². The minimum Gasteiger partial charge on any atom is -0.324 e. The Bertz CT molecular complexity index is 538. The van der Waals surface area contributed by atoms with Gasteiger partial charge in [-0.05, 0) is 30.0 Å². The summed E-state index contributed by atoms with van der Waals surface area (Å²) in [6.45, 7) is 1.54. The van der Waals surface area contributed by atoms with Crippen molar-refractivity contribution in [1.29, 1.82) is 0 Å². The van der Waals surface area contributed by atoms with E-state index in [1.165, 1.54) is 0 Å². The zero-order chi connectivity index (χ0) is 13.1. The Morgan fingerprint density at radius 1 is 1.00 bits per heavy atom. The van der Waals surface area contributed by atoms with E-state index < -0.39 is 11.6 Å². The van der Waals surface area contributed by atoms with Crippen molar-refractivity contribution in [2.75, 3.05) is 0 Å². The minimum atomic E-state index is -0.790. The molecule has 0 amide bonds. The molecule has 0 saturated carbocycles. The quantitative estimate of drug-likeness (QED) is 0.882. The molecule has 0 aliphatic rings. The maximum atomic E-state index is 13.7. The highest BCUT2D eigenvalue weighted by Crippen LogP contribution is 2.21. The Morgan fingerprint density at radius 3 is 2.33 bits per heavy atom. The van der Waals surface area contributed by atoms with E-state index in [1.54, 1.807) is 19.1 Å². The van der Waals surface area contributed by atoms with Gasteiger partial charge >= 0.3 is 0 Å². The van der Waals surface area contributed by atoms with Gasteiger partial charge in [-0.15, -0.1) is 0 Å². The van der Waals surface area contributed by atoms with Crippen molar-refractivity contribution in [2.45, 2.75) is 19.4 Å². The fourth-order valence-corrected chi connectivity index (χ4v) is 1.90. The van der Waals surface area contributed by atoms with Gasteiger partial charge < -0.3 is 5.73 Å². The second kappa shape index (κ2) is 5.27. The number of benzene rings is 2. The molecule has 0 saturated heterocycles. The van der Waals surface area contributed by atoms with Crippen molar-refractivity contribution in [3.8, 4) is 0 Å². The first-order valence-electron chi connectivity index (χ1n) is 5.83. The van der Waals surface area contributed by atoms with Gasteiger partial charge in [0.15, 0.2) is 11.6 Å². The van der Waals surface area contributed by atoms with Gasteiger partial charge in [-0.3, -0.25) is 0 Å². The second-order valence-electron chi connectivity index (χ2n) is 4.39. The Morgan fingerprint density at radius 2 is 1.67 bits per heavy atom. The topological polar surface area (TPSA) is 26.0 Å². The lowest BCUT2D eigenvalue weighted by molar-refractivity contribution is 0.489. The maximum Gasteiger partial charge on any atom is 0.162 e. The molecule has 0 fully saturated rings. The Kier molecular flexibility index (Phi) is 3.72. The molecule has 94 valence electrons. The largest absolute Gasteiger partial charge is 0.324 e. The van der Waals surface area contributed by atoms with Gasteiger partial charge in [-0.2, -0.15) is 0 Å². The first-order chi connectivity index (χ1) is 8.59. The van der Waals surface area contributed by atoms with Crippen LogP contribution in [0.2, 0.25) is 0 Å². The molecule has 0 aliphatic heterocycles. The summed E-state index contributed by atoms with van der Waals surface area (Å²) in [5, 5.41) is 0. The van der Waals surface area contributed by atoms with Gasteiger partial charge in [0.05, 0.1) is 0 Å². The molecule has 2 aromatic rings. The lowest BCUT2D eigenvalue weighted by Gasteiger charge is -2.13. The average Bonchev–Trinajstić information content (AvgIpc) is 2.40. The molecule has 0 radical (unpaired) electrons. The van der Waals surface area contributed by atoms with Crippen LogP contribution in [-0.4, -0.2) is 0 Å². The molecular formula is C15H15F2N. The molecule has 1 nitrogen and oxygen atoms in total. The summed E-state index contributed by atoms with van der Waals surface area (Å²) in [6.07, 6.45) is 0.285. The van der Waals surface area contributed by atoms with E-state index in [0.29, 0.717) is 11.1 Å². The summed E-state index contributed by atoms with van der Waals surface area (Å²) in [4.78, 5) is 0. The van der Waals surface area contributed by atoms with E-state index in [1.807, 2.05) is 30.3 Å². The molecule has 0 aliphatic carbocycles. The molecule has 0 aromatic heterocycles. The van der Waals surface area contributed by atoms with Crippen LogP contribution in [-0.2, 0) is 6.42 Å². The summed E-state index contributed by atoms with van der Waals surface area (Å²) in [6, 6.07) is 12.2. The number of hydrogen-bond donors (Lipinski definition) is 1. The fraction of sp³-hybridized carbons (Fsp3) is 0.200. The lowest BCUT2D eigenvalue weighted by Crippen LogP contribution is -2.14. The van der Waals surface area contributed by atoms with Gasteiger partial charge in [-0.1, -0.05) is 42.5 Å². The van der Waals surface area contributed by atoms with Crippen LogP contribution in [0, 0.1) is 18.6 Å². The third kappa shape index (κ3) is 2.57. The summed E-state index contributed by atoms with van der Waals surface area (Å²) >= 11 is 0. The smallest absolute Gasteiger partial charge is 0.162 e. The zero-order valence-corrected chi connectivity index (χ0v) is 10.2. The third-order valence-electron chi connectivity index (χ3n) is 3.02. The van der Waals surface area contributed by atoms with Crippen molar-refractivity contribution >= 4 is 0 Å².